The van der Waals surface area contributed by atoms with Crippen LogP contribution in [-0.4, -0.2) is 10.9 Å². The van der Waals surface area contributed by atoms with Crippen molar-refractivity contribution in [1.82, 2.24) is 10.3 Å². The van der Waals surface area contributed by atoms with Crippen molar-refractivity contribution in [1.29, 1.82) is 0 Å². The minimum absolute atomic E-state index is 0.0196. The van der Waals surface area contributed by atoms with E-state index in [1.807, 2.05) is 26.0 Å². The average molecular weight is 180 g/mol. The lowest BCUT2D eigenvalue weighted by Gasteiger charge is -1.99. The first-order valence-corrected chi connectivity index (χ1v) is 4.42. The van der Waals surface area contributed by atoms with E-state index in [1.54, 1.807) is 12.4 Å². The molecular weight excluding hydrogens is 164 g/mol. The smallest absolute Gasteiger partial charge is 0.217 e. The van der Waals surface area contributed by atoms with Gasteiger partial charge in [-0.05, 0) is 11.6 Å². The number of rotatable bonds is 2. The summed E-state index contributed by atoms with van der Waals surface area (Å²) in [5, 5.41) is 2.68. The fourth-order valence-corrected chi connectivity index (χ4v) is 0.729. The Morgan fingerprint density at radius 2 is 2.23 bits per heavy atom. The summed E-state index contributed by atoms with van der Waals surface area (Å²) in [6.45, 7) is 6.06. The molecule has 3 heteroatoms. The predicted molar refractivity (Wildman–Crippen MR) is 53.1 cm³/mol. The molecule has 0 saturated carbocycles. The highest BCUT2D eigenvalue weighted by Crippen LogP contribution is 1.93. The molecule has 0 saturated heterocycles. The summed E-state index contributed by atoms with van der Waals surface area (Å²) in [5.74, 6) is -0.0196. The number of hydrogen-bond acceptors (Lipinski definition) is 2. The standard InChI is InChI=1S/C8H10N2O.C2H6/c1-7(11)10-6-8-3-2-4-9-5-8;1-2/h2-5H,6H2,1H3,(H,10,11);1-2H3. The van der Waals surface area contributed by atoms with Crippen LogP contribution in [0.1, 0.15) is 26.3 Å². The Morgan fingerprint density at radius 1 is 1.54 bits per heavy atom. The van der Waals surface area contributed by atoms with Crippen LogP contribution in [0.25, 0.3) is 0 Å². The molecule has 0 aliphatic heterocycles. The van der Waals surface area contributed by atoms with Crippen molar-refractivity contribution in [2.45, 2.75) is 27.3 Å². The van der Waals surface area contributed by atoms with Gasteiger partial charge in [-0.15, -0.1) is 0 Å². The van der Waals surface area contributed by atoms with Gasteiger partial charge >= 0.3 is 0 Å². The largest absolute Gasteiger partial charge is 0.352 e. The van der Waals surface area contributed by atoms with Gasteiger partial charge in [0, 0.05) is 25.9 Å². The summed E-state index contributed by atoms with van der Waals surface area (Å²) >= 11 is 0. The predicted octanol–water partition coefficient (Wildman–Crippen LogP) is 1.74. The van der Waals surface area contributed by atoms with Gasteiger partial charge in [-0.3, -0.25) is 9.78 Å². The minimum atomic E-state index is -0.0196. The first kappa shape index (κ1) is 11.6. The van der Waals surface area contributed by atoms with Crippen molar-refractivity contribution < 1.29 is 4.79 Å². The Labute approximate surface area is 79.2 Å². The molecule has 0 bridgehead atoms. The van der Waals surface area contributed by atoms with Gasteiger partial charge in [0.05, 0.1) is 0 Å². The highest BCUT2D eigenvalue weighted by atomic mass is 16.1. The van der Waals surface area contributed by atoms with E-state index in [1.165, 1.54) is 6.92 Å². The van der Waals surface area contributed by atoms with Crippen LogP contribution in [0.2, 0.25) is 0 Å². The maximum absolute atomic E-state index is 10.5. The van der Waals surface area contributed by atoms with E-state index in [4.69, 9.17) is 0 Å². The number of pyridine rings is 1. The lowest BCUT2D eigenvalue weighted by atomic mass is 10.3. The highest BCUT2D eigenvalue weighted by molar-refractivity contribution is 5.72. The molecule has 0 aliphatic rings. The molecule has 0 radical (unpaired) electrons. The van der Waals surface area contributed by atoms with Crippen molar-refractivity contribution >= 4 is 5.91 Å². The number of aromatic nitrogens is 1. The van der Waals surface area contributed by atoms with Crippen molar-refractivity contribution in [3.63, 3.8) is 0 Å². The van der Waals surface area contributed by atoms with Gasteiger partial charge in [0.25, 0.3) is 0 Å². The second-order valence-corrected chi connectivity index (χ2v) is 2.27. The molecule has 0 aliphatic carbocycles. The molecule has 1 amide bonds. The van der Waals surface area contributed by atoms with Gasteiger partial charge in [-0.1, -0.05) is 19.9 Å². The summed E-state index contributed by atoms with van der Waals surface area (Å²) in [6, 6.07) is 3.76. The first-order valence-electron chi connectivity index (χ1n) is 4.42. The molecule has 1 N–H and O–H groups in total. The molecule has 0 spiro atoms. The summed E-state index contributed by atoms with van der Waals surface area (Å²) < 4.78 is 0. The Kier molecular flexibility index (Phi) is 6.51. The molecule has 1 aromatic rings. The van der Waals surface area contributed by atoms with E-state index in [0.29, 0.717) is 6.54 Å². The van der Waals surface area contributed by atoms with E-state index in [9.17, 15) is 4.79 Å². The lowest BCUT2D eigenvalue weighted by Crippen LogP contribution is -2.18. The third kappa shape index (κ3) is 5.84. The quantitative estimate of drug-likeness (QED) is 0.753. The van der Waals surface area contributed by atoms with Crippen molar-refractivity contribution in [3.05, 3.63) is 30.1 Å². The maximum atomic E-state index is 10.5. The van der Waals surface area contributed by atoms with Crippen molar-refractivity contribution in [3.8, 4) is 0 Å². The van der Waals surface area contributed by atoms with Crippen LogP contribution in [0.15, 0.2) is 24.5 Å². The Balaban J connectivity index is 0.000000671. The zero-order chi connectivity index (χ0) is 10.1. The molecule has 0 atom stereocenters. The third-order valence-corrected chi connectivity index (χ3v) is 1.26. The topological polar surface area (TPSA) is 42.0 Å². The van der Waals surface area contributed by atoms with Crippen molar-refractivity contribution in [2.75, 3.05) is 0 Å². The first-order chi connectivity index (χ1) is 6.29. The second-order valence-electron chi connectivity index (χ2n) is 2.27. The third-order valence-electron chi connectivity index (χ3n) is 1.26. The number of carbonyl (C=O) groups is 1. The molecule has 0 aromatic carbocycles. The average Bonchev–Trinajstić information content (AvgIpc) is 2.19. The molecule has 1 rings (SSSR count). The Bertz CT molecular complexity index is 234. The number of hydrogen-bond donors (Lipinski definition) is 1. The fraction of sp³-hybridized carbons (Fsp3) is 0.400. The normalized spacial score (nSPS) is 8.23. The lowest BCUT2D eigenvalue weighted by molar-refractivity contribution is -0.119. The van der Waals surface area contributed by atoms with Gasteiger partial charge in [0.15, 0.2) is 0 Å². The van der Waals surface area contributed by atoms with Crippen LogP contribution in [0.4, 0.5) is 0 Å². The molecule has 1 heterocycles. The van der Waals surface area contributed by atoms with E-state index in [0.717, 1.165) is 5.56 Å². The van der Waals surface area contributed by atoms with E-state index in [-0.39, 0.29) is 5.91 Å². The molecule has 1 aromatic heterocycles. The van der Waals surface area contributed by atoms with Crippen molar-refractivity contribution in [2.24, 2.45) is 0 Å². The highest BCUT2D eigenvalue weighted by Gasteiger charge is 1.91. The van der Waals surface area contributed by atoms with Crippen LogP contribution in [0.5, 0.6) is 0 Å². The fourth-order valence-electron chi connectivity index (χ4n) is 0.729. The monoisotopic (exact) mass is 180 g/mol. The van der Waals surface area contributed by atoms with Crippen LogP contribution < -0.4 is 5.32 Å². The zero-order valence-corrected chi connectivity index (χ0v) is 8.37. The number of carbonyl (C=O) groups excluding carboxylic acids is 1. The van der Waals surface area contributed by atoms with Crippen LogP contribution in [0, 0.1) is 0 Å². The van der Waals surface area contributed by atoms with Crippen LogP contribution in [0.3, 0.4) is 0 Å². The number of nitrogens with zero attached hydrogens (tertiary/aromatic N) is 1. The van der Waals surface area contributed by atoms with Gasteiger partial charge in [-0.25, -0.2) is 0 Å². The summed E-state index contributed by atoms with van der Waals surface area (Å²) in [7, 11) is 0. The summed E-state index contributed by atoms with van der Waals surface area (Å²) in [4.78, 5) is 14.4. The Hall–Kier alpha value is -1.38. The molecule has 72 valence electrons. The van der Waals surface area contributed by atoms with Crippen LogP contribution in [-0.2, 0) is 11.3 Å². The zero-order valence-electron chi connectivity index (χ0n) is 8.37. The number of nitrogens with one attached hydrogen (secondary N) is 1. The van der Waals surface area contributed by atoms with Gasteiger partial charge < -0.3 is 5.32 Å². The minimum Gasteiger partial charge on any atom is -0.352 e. The maximum Gasteiger partial charge on any atom is 0.217 e. The van der Waals surface area contributed by atoms with Gasteiger partial charge in [-0.2, -0.15) is 0 Å². The number of amides is 1. The summed E-state index contributed by atoms with van der Waals surface area (Å²) in [6.07, 6.45) is 3.44. The van der Waals surface area contributed by atoms with Gasteiger partial charge in [0.1, 0.15) is 0 Å². The Morgan fingerprint density at radius 3 is 2.69 bits per heavy atom. The van der Waals surface area contributed by atoms with Gasteiger partial charge in [0.2, 0.25) is 5.91 Å². The molecule has 13 heavy (non-hydrogen) atoms. The molecule has 3 nitrogen and oxygen atoms in total. The molecule has 0 fully saturated rings. The molecular formula is C10H16N2O. The molecule has 0 unspecified atom stereocenters. The van der Waals surface area contributed by atoms with Crippen LogP contribution >= 0.6 is 0 Å². The summed E-state index contributed by atoms with van der Waals surface area (Å²) in [5.41, 5.74) is 1.02. The van der Waals surface area contributed by atoms with E-state index < -0.39 is 0 Å². The van der Waals surface area contributed by atoms with E-state index in [2.05, 4.69) is 10.3 Å². The van der Waals surface area contributed by atoms with E-state index >= 15 is 0 Å². The second kappa shape index (κ2) is 7.28. The SMILES string of the molecule is CC.CC(=O)NCc1cccnc1.